The molecule has 4 heteroatoms. The molecular weight excluding hydrogens is 322 g/mol. The molecule has 0 bridgehead atoms. The van der Waals surface area contributed by atoms with Gasteiger partial charge in [-0.1, -0.05) is 36.4 Å². The largest absolute Gasteiger partial charge is 0.384 e. The lowest BCUT2D eigenvalue weighted by Gasteiger charge is -2.34. The molecule has 2 aromatic carbocycles. The highest BCUT2D eigenvalue weighted by Crippen LogP contribution is 2.44. The number of anilines is 1. The lowest BCUT2D eigenvalue weighted by Crippen LogP contribution is -2.47. The summed E-state index contributed by atoms with van der Waals surface area (Å²) >= 11 is 0. The van der Waals surface area contributed by atoms with Gasteiger partial charge in [0.1, 0.15) is 0 Å². The average Bonchev–Trinajstić information content (AvgIpc) is 2.78. The molecule has 135 valence electrons. The van der Waals surface area contributed by atoms with Crippen LogP contribution in [0.3, 0.4) is 0 Å². The highest BCUT2D eigenvalue weighted by atomic mass is 16.5. The first-order valence-electron chi connectivity index (χ1n) is 9.29. The summed E-state index contributed by atoms with van der Waals surface area (Å²) in [5, 5.41) is 19.9. The quantitative estimate of drug-likeness (QED) is 0.676. The van der Waals surface area contributed by atoms with Gasteiger partial charge in [0, 0.05) is 28.4 Å². The fourth-order valence-corrected chi connectivity index (χ4v) is 4.46. The van der Waals surface area contributed by atoms with E-state index in [0.717, 1.165) is 40.5 Å². The summed E-state index contributed by atoms with van der Waals surface area (Å²) in [6.07, 6.45) is 0.886. The van der Waals surface area contributed by atoms with Gasteiger partial charge in [0.25, 0.3) is 0 Å². The van der Waals surface area contributed by atoms with Crippen LogP contribution in [-0.2, 0) is 5.21 Å². The molecule has 1 aliphatic rings. The number of hydrogen-bond donors (Lipinski definition) is 1. The standard InChI is InChI=1S/C22H26N3O/c1-21(2)13-15(22(3,4)25(21)26)14-23-20-16-9-5-7-11-18(16)24-19-12-8-6-10-17(19)20/h5-12,15H,13-14H2,1-4H3,(H,23,24). The molecule has 0 spiro atoms. The Kier molecular flexibility index (Phi) is 3.94. The second-order valence-corrected chi connectivity index (χ2v) is 8.56. The fraction of sp³-hybridized carbons (Fsp3) is 0.409. The molecule has 1 radical (unpaired) electrons. The van der Waals surface area contributed by atoms with Crippen molar-refractivity contribution in [3.05, 3.63) is 48.5 Å². The van der Waals surface area contributed by atoms with Crippen molar-refractivity contribution in [2.45, 2.75) is 45.2 Å². The Morgan fingerprint density at radius 3 is 2.04 bits per heavy atom. The number of hydroxylamine groups is 2. The highest BCUT2D eigenvalue weighted by molar-refractivity contribution is 6.07. The molecule has 1 N–H and O–H groups in total. The average molecular weight is 348 g/mol. The summed E-state index contributed by atoms with van der Waals surface area (Å²) in [4.78, 5) is 4.78. The van der Waals surface area contributed by atoms with E-state index >= 15 is 0 Å². The summed E-state index contributed by atoms with van der Waals surface area (Å²) < 4.78 is 0. The van der Waals surface area contributed by atoms with Crippen molar-refractivity contribution in [2.24, 2.45) is 5.92 Å². The SMILES string of the molecule is CC1(C)CC(CNc2c3ccccc3nc3ccccc23)C(C)(C)N1[O]. The number of nitrogens with zero attached hydrogens (tertiary/aromatic N) is 2. The van der Waals surface area contributed by atoms with Gasteiger partial charge >= 0.3 is 0 Å². The van der Waals surface area contributed by atoms with Gasteiger partial charge in [-0.3, -0.25) is 0 Å². The van der Waals surface area contributed by atoms with E-state index in [-0.39, 0.29) is 17.0 Å². The zero-order chi connectivity index (χ0) is 18.5. The van der Waals surface area contributed by atoms with Gasteiger partial charge in [-0.05, 0) is 52.2 Å². The van der Waals surface area contributed by atoms with Crippen LogP contribution in [0, 0.1) is 5.92 Å². The van der Waals surface area contributed by atoms with Crippen molar-refractivity contribution < 1.29 is 5.21 Å². The zero-order valence-electron chi connectivity index (χ0n) is 15.9. The minimum Gasteiger partial charge on any atom is -0.384 e. The number of benzene rings is 2. The molecule has 4 rings (SSSR count). The lowest BCUT2D eigenvalue weighted by atomic mass is 9.87. The molecule has 26 heavy (non-hydrogen) atoms. The highest BCUT2D eigenvalue weighted by Gasteiger charge is 2.52. The van der Waals surface area contributed by atoms with Crippen molar-refractivity contribution in [1.82, 2.24) is 10.0 Å². The van der Waals surface area contributed by atoms with E-state index < -0.39 is 0 Å². The van der Waals surface area contributed by atoms with Gasteiger partial charge in [-0.25, -0.2) is 4.98 Å². The van der Waals surface area contributed by atoms with Crippen LogP contribution in [0.1, 0.15) is 34.1 Å². The minimum absolute atomic E-state index is 0.278. The molecule has 1 unspecified atom stereocenters. The number of hydrogen-bond acceptors (Lipinski definition) is 3. The molecule has 0 aliphatic carbocycles. The van der Waals surface area contributed by atoms with Crippen LogP contribution in [0.2, 0.25) is 0 Å². The molecule has 1 aliphatic heterocycles. The molecule has 1 aromatic heterocycles. The minimum atomic E-state index is -0.380. The van der Waals surface area contributed by atoms with Crippen LogP contribution in [0.15, 0.2) is 48.5 Å². The van der Waals surface area contributed by atoms with Crippen LogP contribution < -0.4 is 5.32 Å². The summed E-state index contributed by atoms with van der Waals surface area (Å²) in [7, 11) is 0. The zero-order valence-corrected chi connectivity index (χ0v) is 15.9. The van der Waals surface area contributed by atoms with E-state index in [9.17, 15) is 5.21 Å². The van der Waals surface area contributed by atoms with Crippen molar-refractivity contribution in [3.8, 4) is 0 Å². The fourth-order valence-electron chi connectivity index (χ4n) is 4.46. The molecule has 4 nitrogen and oxygen atoms in total. The van der Waals surface area contributed by atoms with Gasteiger partial charge < -0.3 is 5.32 Å². The predicted octanol–water partition coefficient (Wildman–Crippen LogP) is 5.02. The molecule has 1 atom stereocenters. The van der Waals surface area contributed by atoms with Crippen LogP contribution >= 0.6 is 0 Å². The Labute approximate surface area is 154 Å². The normalized spacial score (nSPS) is 22.1. The number of aromatic nitrogens is 1. The number of rotatable bonds is 3. The molecule has 2 heterocycles. The van der Waals surface area contributed by atoms with Crippen molar-refractivity contribution in [2.75, 3.05) is 11.9 Å². The maximum atomic E-state index is 12.7. The Morgan fingerprint density at radius 2 is 1.54 bits per heavy atom. The molecule has 0 amide bonds. The van der Waals surface area contributed by atoms with Crippen molar-refractivity contribution >= 4 is 27.5 Å². The van der Waals surface area contributed by atoms with E-state index in [1.54, 1.807) is 0 Å². The van der Waals surface area contributed by atoms with E-state index in [1.807, 2.05) is 38.1 Å². The maximum Gasteiger partial charge on any atom is 0.0730 e. The number of nitrogens with one attached hydrogen (secondary N) is 1. The summed E-state index contributed by atoms with van der Waals surface area (Å²) in [6, 6.07) is 16.5. The first-order chi connectivity index (χ1) is 12.3. The van der Waals surface area contributed by atoms with E-state index in [4.69, 9.17) is 4.98 Å². The maximum absolute atomic E-state index is 12.7. The third kappa shape index (κ3) is 2.65. The third-order valence-corrected chi connectivity index (χ3v) is 5.93. The molecule has 3 aromatic rings. The Balaban J connectivity index is 1.73. The van der Waals surface area contributed by atoms with E-state index in [2.05, 4.69) is 43.4 Å². The second-order valence-electron chi connectivity index (χ2n) is 8.56. The van der Waals surface area contributed by atoms with Crippen LogP contribution in [-0.4, -0.2) is 27.7 Å². The monoisotopic (exact) mass is 348 g/mol. The number of fused-ring (bicyclic) bond motifs is 2. The lowest BCUT2D eigenvalue weighted by molar-refractivity contribution is -0.248. The Hall–Kier alpha value is -2.17. The second kappa shape index (κ2) is 5.93. The molecule has 1 fully saturated rings. The van der Waals surface area contributed by atoms with Crippen LogP contribution in [0.25, 0.3) is 21.8 Å². The summed E-state index contributed by atoms with van der Waals surface area (Å²) in [5.41, 5.74) is 2.40. The van der Waals surface area contributed by atoms with Crippen LogP contribution in [0.5, 0.6) is 0 Å². The van der Waals surface area contributed by atoms with Crippen molar-refractivity contribution in [1.29, 1.82) is 0 Å². The van der Waals surface area contributed by atoms with Crippen LogP contribution in [0.4, 0.5) is 5.69 Å². The van der Waals surface area contributed by atoms with Gasteiger partial charge in [-0.2, -0.15) is 0 Å². The van der Waals surface area contributed by atoms with E-state index in [0.29, 0.717) is 0 Å². The van der Waals surface area contributed by atoms with E-state index in [1.165, 1.54) is 5.06 Å². The molecular formula is C22H26N3O. The van der Waals surface area contributed by atoms with Gasteiger partial charge in [0.2, 0.25) is 0 Å². The van der Waals surface area contributed by atoms with Crippen molar-refractivity contribution in [3.63, 3.8) is 0 Å². The Bertz CT molecular complexity index is 910. The van der Waals surface area contributed by atoms with Gasteiger partial charge in [0.05, 0.1) is 16.7 Å². The summed E-state index contributed by atoms with van der Waals surface area (Å²) in [5.74, 6) is 0.278. The summed E-state index contributed by atoms with van der Waals surface area (Å²) in [6.45, 7) is 8.97. The van der Waals surface area contributed by atoms with Gasteiger partial charge in [-0.15, -0.1) is 10.3 Å². The van der Waals surface area contributed by atoms with Gasteiger partial charge in [0.15, 0.2) is 0 Å². The number of pyridine rings is 1. The molecule has 0 saturated carbocycles. The topological polar surface area (TPSA) is 48.1 Å². The third-order valence-electron chi connectivity index (χ3n) is 5.93. The predicted molar refractivity (Wildman–Crippen MR) is 107 cm³/mol. The molecule has 1 saturated heterocycles. The first kappa shape index (κ1) is 17.3. The first-order valence-corrected chi connectivity index (χ1v) is 9.29. The smallest absolute Gasteiger partial charge is 0.0730 e. The Morgan fingerprint density at radius 1 is 1.00 bits per heavy atom. The number of para-hydroxylation sites is 2.